The minimum atomic E-state index is -0.185. The number of Topliss-reactive ketones (excluding diaryl/α,β-unsaturated/α-hetero) is 1. The fourth-order valence-electron chi connectivity index (χ4n) is 1.31. The lowest BCUT2D eigenvalue weighted by Crippen LogP contribution is -2.10. The van der Waals surface area contributed by atoms with Gasteiger partial charge in [0.2, 0.25) is 11.7 Å². The van der Waals surface area contributed by atoms with Crippen LogP contribution in [0.1, 0.15) is 31.2 Å². The van der Waals surface area contributed by atoms with Gasteiger partial charge in [-0.25, -0.2) is 0 Å². The molecule has 0 spiro atoms. The van der Waals surface area contributed by atoms with Crippen LogP contribution in [0.3, 0.4) is 0 Å². The Morgan fingerprint density at radius 1 is 1.50 bits per heavy atom. The Hall–Kier alpha value is -1.27. The van der Waals surface area contributed by atoms with Gasteiger partial charge in [-0.15, -0.1) is 0 Å². The highest BCUT2D eigenvalue weighted by atomic mass is 16.5. The Morgan fingerprint density at radius 2 is 2.25 bits per heavy atom. The van der Waals surface area contributed by atoms with Gasteiger partial charge in [-0.3, -0.25) is 4.79 Å². The molecule has 0 N–H and O–H groups in total. The van der Waals surface area contributed by atoms with E-state index in [1.807, 2.05) is 6.92 Å². The summed E-state index contributed by atoms with van der Waals surface area (Å²) in [6.45, 7) is 2.01. The van der Waals surface area contributed by atoms with E-state index >= 15 is 0 Å². The molecule has 6 nitrogen and oxygen atoms in total. The van der Waals surface area contributed by atoms with Crippen molar-refractivity contribution in [3.63, 3.8) is 0 Å². The molecule has 0 saturated carbocycles. The standard InChI is InChI=1S/C10H16N2O4/c1-4-8(15-3)10-11-9(16-12-10)5-7(13)6-14-2/h8H,4-6H2,1-3H3. The number of ketones is 1. The van der Waals surface area contributed by atoms with Crippen LogP contribution in [-0.2, 0) is 20.7 Å². The number of hydrogen-bond acceptors (Lipinski definition) is 6. The van der Waals surface area contributed by atoms with E-state index in [1.54, 1.807) is 7.11 Å². The first-order valence-electron chi connectivity index (χ1n) is 5.07. The predicted octanol–water partition coefficient (Wildman–Crippen LogP) is 0.925. The molecule has 6 heteroatoms. The maximum absolute atomic E-state index is 11.2. The van der Waals surface area contributed by atoms with Gasteiger partial charge in [0.15, 0.2) is 5.78 Å². The summed E-state index contributed by atoms with van der Waals surface area (Å²) >= 11 is 0. The van der Waals surface area contributed by atoms with E-state index < -0.39 is 0 Å². The van der Waals surface area contributed by atoms with E-state index in [0.29, 0.717) is 11.7 Å². The first-order valence-corrected chi connectivity index (χ1v) is 5.07. The minimum absolute atomic E-state index is 0.0548. The summed E-state index contributed by atoms with van der Waals surface area (Å²) in [5, 5.41) is 3.77. The van der Waals surface area contributed by atoms with E-state index in [4.69, 9.17) is 14.0 Å². The fourth-order valence-corrected chi connectivity index (χ4v) is 1.31. The third kappa shape index (κ3) is 3.39. The normalized spacial score (nSPS) is 12.7. The van der Waals surface area contributed by atoms with E-state index in [2.05, 4.69) is 10.1 Å². The van der Waals surface area contributed by atoms with Crippen molar-refractivity contribution in [2.24, 2.45) is 0 Å². The molecule has 0 saturated heterocycles. The second-order valence-electron chi connectivity index (χ2n) is 3.33. The summed E-state index contributed by atoms with van der Waals surface area (Å²) in [7, 11) is 3.05. The van der Waals surface area contributed by atoms with Crippen LogP contribution in [-0.4, -0.2) is 36.8 Å². The van der Waals surface area contributed by atoms with Gasteiger partial charge < -0.3 is 14.0 Å². The van der Waals surface area contributed by atoms with E-state index in [-0.39, 0.29) is 24.9 Å². The summed E-state index contributed by atoms with van der Waals surface area (Å²) in [4.78, 5) is 15.3. The number of aromatic nitrogens is 2. The van der Waals surface area contributed by atoms with Crippen LogP contribution in [0.15, 0.2) is 4.52 Å². The molecular formula is C10H16N2O4. The van der Waals surface area contributed by atoms with E-state index in [9.17, 15) is 4.79 Å². The maximum atomic E-state index is 11.2. The van der Waals surface area contributed by atoms with Crippen LogP contribution in [0.25, 0.3) is 0 Å². The number of rotatable bonds is 7. The molecule has 0 fully saturated rings. The average Bonchev–Trinajstić information content (AvgIpc) is 2.68. The molecular weight excluding hydrogens is 212 g/mol. The zero-order valence-corrected chi connectivity index (χ0v) is 9.73. The van der Waals surface area contributed by atoms with Crippen molar-refractivity contribution < 1.29 is 18.8 Å². The highest BCUT2D eigenvalue weighted by Crippen LogP contribution is 2.16. The highest BCUT2D eigenvalue weighted by molar-refractivity contribution is 5.81. The van der Waals surface area contributed by atoms with Crippen molar-refractivity contribution in [1.82, 2.24) is 10.1 Å². The third-order valence-electron chi connectivity index (χ3n) is 2.08. The summed E-state index contributed by atoms with van der Waals surface area (Å²) in [5.74, 6) is 0.681. The van der Waals surface area contributed by atoms with Gasteiger partial charge in [-0.05, 0) is 6.42 Å². The Morgan fingerprint density at radius 3 is 2.81 bits per heavy atom. The molecule has 90 valence electrons. The Balaban J connectivity index is 2.60. The second kappa shape index (κ2) is 6.34. The molecule has 1 aromatic heterocycles. The molecule has 1 unspecified atom stereocenters. The topological polar surface area (TPSA) is 74.5 Å². The summed E-state index contributed by atoms with van der Waals surface area (Å²) in [6, 6.07) is 0. The Labute approximate surface area is 93.9 Å². The molecule has 0 aliphatic heterocycles. The number of carbonyl (C=O) groups is 1. The molecule has 0 aliphatic rings. The molecule has 1 atom stereocenters. The van der Waals surface area contributed by atoms with Gasteiger partial charge in [0.1, 0.15) is 12.7 Å². The lowest BCUT2D eigenvalue weighted by Gasteiger charge is -2.05. The molecule has 1 heterocycles. The van der Waals surface area contributed by atoms with Gasteiger partial charge in [-0.2, -0.15) is 4.98 Å². The number of nitrogens with zero attached hydrogens (tertiary/aromatic N) is 2. The predicted molar refractivity (Wildman–Crippen MR) is 54.9 cm³/mol. The fraction of sp³-hybridized carbons (Fsp3) is 0.700. The van der Waals surface area contributed by atoms with Crippen molar-refractivity contribution in [1.29, 1.82) is 0 Å². The quantitative estimate of drug-likeness (QED) is 0.691. The highest BCUT2D eigenvalue weighted by Gasteiger charge is 2.17. The smallest absolute Gasteiger partial charge is 0.234 e. The first-order chi connectivity index (χ1) is 7.71. The number of carbonyl (C=O) groups excluding carboxylic acids is 1. The van der Waals surface area contributed by atoms with Gasteiger partial charge >= 0.3 is 0 Å². The van der Waals surface area contributed by atoms with Crippen molar-refractivity contribution >= 4 is 5.78 Å². The third-order valence-corrected chi connectivity index (χ3v) is 2.08. The molecule has 1 aromatic rings. The van der Waals surface area contributed by atoms with Crippen molar-refractivity contribution in [3.05, 3.63) is 11.7 Å². The van der Waals surface area contributed by atoms with Crippen LogP contribution in [0.5, 0.6) is 0 Å². The van der Waals surface area contributed by atoms with Crippen LogP contribution >= 0.6 is 0 Å². The minimum Gasteiger partial charge on any atom is -0.377 e. The molecule has 16 heavy (non-hydrogen) atoms. The molecule has 1 rings (SSSR count). The van der Waals surface area contributed by atoms with Crippen LogP contribution in [0.2, 0.25) is 0 Å². The zero-order chi connectivity index (χ0) is 12.0. The van der Waals surface area contributed by atoms with Gasteiger partial charge in [0.05, 0.1) is 6.42 Å². The summed E-state index contributed by atoms with van der Waals surface area (Å²) in [5.41, 5.74) is 0. The van der Waals surface area contributed by atoms with Crippen LogP contribution in [0, 0.1) is 0 Å². The largest absolute Gasteiger partial charge is 0.377 e. The Kier molecular flexibility index (Phi) is 5.07. The van der Waals surface area contributed by atoms with Crippen LogP contribution in [0.4, 0.5) is 0 Å². The molecule has 0 amide bonds. The first kappa shape index (κ1) is 12.8. The van der Waals surface area contributed by atoms with Crippen molar-refractivity contribution in [3.8, 4) is 0 Å². The van der Waals surface area contributed by atoms with Gasteiger partial charge in [0, 0.05) is 14.2 Å². The van der Waals surface area contributed by atoms with Gasteiger partial charge in [-0.1, -0.05) is 12.1 Å². The summed E-state index contributed by atoms with van der Waals surface area (Å²) < 4.78 is 14.8. The second-order valence-corrected chi connectivity index (χ2v) is 3.33. The maximum Gasteiger partial charge on any atom is 0.234 e. The lowest BCUT2D eigenvalue weighted by atomic mass is 10.2. The molecule has 0 bridgehead atoms. The average molecular weight is 228 g/mol. The monoisotopic (exact) mass is 228 g/mol. The Bertz CT molecular complexity index is 333. The lowest BCUT2D eigenvalue weighted by molar-refractivity contribution is -0.122. The van der Waals surface area contributed by atoms with E-state index in [1.165, 1.54) is 7.11 Å². The summed E-state index contributed by atoms with van der Waals surface area (Å²) in [6.07, 6.45) is 0.665. The van der Waals surface area contributed by atoms with Gasteiger partial charge in [0.25, 0.3) is 0 Å². The number of methoxy groups -OCH3 is 2. The van der Waals surface area contributed by atoms with Crippen molar-refractivity contribution in [2.45, 2.75) is 25.9 Å². The SMILES string of the molecule is CCC(OC)c1noc(CC(=O)COC)n1. The zero-order valence-electron chi connectivity index (χ0n) is 9.73. The molecule has 0 aliphatic carbocycles. The number of ether oxygens (including phenoxy) is 2. The molecule has 0 radical (unpaired) electrons. The van der Waals surface area contributed by atoms with E-state index in [0.717, 1.165) is 6.42 Å². The van der Waals surface area contributed by atoms with Crippen LogP contribution < -0.4 is 0 Å². The molecule has 0 aromatic carbocycles. The van der Waals surface area contributed by atoms with Crippen molar-refractivity contribution in [2.75, 3.05) is 20.8 Å². The number of hydrogen-bond donors (Lipinski definition) is 0.